The lowest BCUT2D eigenvalue weighted by molar-refractivity contribution is 0.141. The molecular formula is C13H15NO2. The highest BCUT2D eigenvalue weighted by molar-refractivity contribution is 5.40. The molecule has 2 rings (SSSR count). The van der Waals surface area contributed by atoms with E-state index in [0.717, 1.165) is 24.3 Å². The zero-order valence-electron chi connectivity index (χ0n) is 9.11. The van der Waals surface area contributed by atoms with Crippen LogP contribution >= 0.6 is 0 Å². The van der Waals surface area contributed by atoms with E-state index in [1.165, 1.54) is 0 Å². The summed E-state index contributed by atoms with van der Waals surface area (Å²) in [5.41, 5.74) is 6.26. The van der Waals surface area contributed by atoms with Gasteiger partial charge in [-0.2, -0.15) is 0 Å². The Morgan fingerprint density at radius 1 is 1.50 bits per heavy atom. The van der Waals surface area contributed by atoms with E-state index >= 15 is 0 Å². The van der Waals surface area contributed by atoms with E-state index in [-0.39, 0.29) is 6.10 Å². The van der Waals surface area contributed by atoms with Gasteiger partial charge in [-0.1, -0.05) is 17.9 Å². The van der Waals surface area contributed by atoms with Crippen LogP contribution in [0.1, 0.15) is 12.0 Å². The average molecular weight is 217 g/mol. The van der Waals surface area contributed by atoms with Gasteiger partial charge < -0.3 is 15.2 Å². The third-order valence-corrected chi connectivity index (χ3v) is 2.36. The molecule has 0 spiro atoms. The maximum absolute atomic E-state index is 5.77. The second kappa shape index (κ2) is 5.55. The topological polar surface area (TPSA) is 44.5 Å². The van der Waals surface area contributed by atoms with Crippen LogP contribution in [0.15, 0.2) is 24.3 Å². The molecule has 1 aliphatic heterocycles. The molecule has 3 nitrogen and oxygen atoms in total. The first-order valence-electron chi connectivity index (χ1n) is 5.42. The van der Waals surface area contributed by atoms with Gasteiger partial charge >= 0.3 is 0 Å². The summed E-state index contributed by atoms with van der Waals surface area (Å²) in [7, 11) is 0. The number of hydrogen-bond donors (Lipinski definition) is 1. The van der Waals surface area contributed by atoms with E-state index < -0.39 is 0 Å². The first-order valence-corrected chi connectivity index (χ1v) is 5.42. The lowest BCUT2D eigenvalue weighted by Crippen LogP contribution is -2.15. The van der Waals surface area contributed by atoms with Crippen molar-refractivity contribution in [3.8, 4) is 17.6 Å². The molecule has 2 N–H and O–H groups in total. The Morgan fingerprint density at radius 3 is 3.19 bits per heavy atom. The Kier molecular flexibility index (Phi) is 3.81. The van der Waals surface area contributed by atoms with Crippen LogP contribution in [0.4, 0.5) is 0 Å². The lowest BCUT2D eigenvalue weighted by Gasteiger charge is -2.11. The molecule has 1 heterocycles. The van der Waals surface area contributed by atoms with Crippen LogP contribution in [0.25, 0.3) is 0 Å². The molecule has 0 amide bonds. The van der Waals surface area contributed by atoms with Crippen molar-refractivity contribution in [2.24, 2.45) is 5.73 Å². The Labute approximate surface area is 95.5 Å². The van der Waals surface area contributed by atoms with Crippen molar-refractivity contribution in [3.05, 3.63) is 29.8 Å². The molecule has 16 heavy (non-hydrogen) atoms. The van der Waals surface area contributed by atoms with Crippen LogP contribution in [0.3, 0.4) is 0 Å². The van der Waals surface area contributed by atoms with Gasteiger partial charge in [0.25, 0.3) is 0 Å². The highest BCUT2D eigenvalue weighted by atomic mass is 16.5. The summed E-state index contributed by atoms with van der Waals surface area (Å²) in [5.74, 6) is 6.65. The fourth-order valence-electron chi connectivity index (χ4n) is 1.60. The molecule has 0 aliphatic carbocycles. The van der Waals surface area contributed by atoms with Gasteiger partial charge in [0.15, 0.2) is 0 Å². The van der Waals surface area contributed by atoms with Crippen molar-refractivity contribution in [1.29, 1.82) is 0 Å². The summed E-state index contributed by atoms with van der Waals surface area (Å²) in [6.07, 6.45) is 1.14. The molecule has 1 aromatic carbocycles. The van der Waals surface area contributed by atoms with Gasteiger partial charge in [-0.15, -0.1) is 0 Å². The van der Waals surface area contributed by atoms with Gasteiger partial charge in [0, 0.05) is 12.0 Å². The monoisotopic (exact) mass is 217 g/mol. The molecular weight excluding hydrogens is 202 g/mol. The SMILES string of the molecule is NCC#Cc1cccc(OC2CCOC2)c1. The zero-order valence-corrected chi connectivity index (χ0v) is 9.11. The maximum Gasteiger partial charge on any atom is 0.124 e. The van der Waals surface area contributed by atoms with E-state index in [2.05, 4.69) is 11.8 Å². The van der Waals surface area contributed by atoms with Gasteiger partial charge in [-0.3, -0.25) is 0 Å². The molecule has 1 aromatic rings. The van der Waals surface area contributed by atoms with Crippen molar-refractivity contribution in [2.75, 3.05) is 19.8 Å². The second-order valence-corrected chi connectivity index (χ2v) is 3.64. The van der Waals surface area contributed by atoms with Crippen LogP contribution in [0.2, 0.25) is 0 Å². The van der Waals surface area contributed by atoms with E-state index in [1.807, 2.05) is 24.3 Å². The summed E-state index contributed by atoms with van der Waals surface area (Å²) in [4.78, 5) is 0. The largest absolute Gasteiger partial charge is 0.488 e. The van der Waals surface area contributed by atoms with Gasteiger partial charge in [-0.05, 0) is 18.2 Å². The summed E-state index contributed by atoms with van der Waals surface area (Å²) in [6.45, 7) is 1.84. The van der Waals surface area contributed by atoms with E-state index in [0.29, 0.717) is 13.2 Å². The summed E-state index contributed by atoms with van der Waals surface area (Å²) >= 11 is 0. The minimum atomic E-state index is 0.178. The van der Waals surface area contributed by atoms with Crippen LogP contribution < -0.4 is 10.5 Å². The fraction of sp³-hybridized carbons (Fsp3) is 0.385. The molecule has 1 fully saturated rings. The first kappa shape index (κ1) is 11.0. The zero-order chi connectivity index (χ0) is 11.2. The summed E-state index contributed by atoms with van der Waals surface area (Å²) in [6, 6.07) is 7.75. The van der Waals surface area contributed by atoms with Crippen molar-refractivity contribution >= 4 is 0 Å². The minimum Gasteiger partial charge on any atom is -0.488 e. The van der Waals surface area contributed by atoms with E-state index in [4.69, 9.17) is 15.2 Å². The van der Waals surface area contributed by atoms with Crippen LogP contribution in [-0.2, 0) is 4.74 Å². The number of nitrogens with two attached hydrogens (primary N) is 1. The average Bonchev–Trinajstić information content (AvgIpc) is 2.80. The smallest absolute Gasteiger partial charge is 0.124 e. The second-order valence-electron chi connectivity index (χ2n) is 3.64. The molecule has 3 heteroatoms. The number of hydrogen-bond acceptors (Lipinski definition) is 3. The van der Waals surface area contributed by atoms with Crippen LogP contribution in [0, 0.1) is 11.8 Å². The summed E-state index contributed by atoms with van der Waals surface area (Å²) < 4.78 is 11.0. The number of benzene rings is 1. The van der Waals surface area contributed by atoms with Gasteiger partial charge in [0.05, 0.1) is 19.8 Å². The lowest BCUT2D eigenvalue weighted by atomic mass is 10.2. The Hall–Kier alpha value is -1.50. The van der Waals surface area contributed by atoms with Crippen LogP contribution in [-0.4, -0.2) is 25.9 Å². The molecule has 0 saturated carbocycles. The highest BCUT2D eigenvalue weighted by Gasteiger charge is 2.16. The van der Waals surface area contributed by atoms with Gasteiger partial charge in [-0.25, -0.2) is 0 Å². The highest BCUT2D eigenvalue weighted by Crippen LogP contribution is 2.17. The molecule has 0 bridgehead atoms. The molecule has 1 unspecified atom stereocenters. The Balaban J connectivity index is 2.03. The predicted octanol–water partition coefficient (Wildman–Crippen LogP) is 1.16. The third kappa shape index (κ3) is 2.99. The predicted molar refractivity (Wildman–Crippen MR) is 62.2 cm³/mol. The van der Waals surface area contributed by atoms with Gasteiger partial charge in [0.2, 0.25) is 0 Å². The van der Waals surface area contributed by atoms with Crippen molar-refractivity contribution < 1.29 is 9.47 Å². The normalized spacial score (nSPS) is 18.9. The summed E-state index contributed by atoms with van der Waals surface area (Å²) in [5, 5.41) is 0. The fourth-order valence-corrected chi connectivity index (χ4v) is 1.60. The minimum absolute atomic E-state index is 0.178. The Morgan fingerprint density at radius 2 is 2.44 bits per heavy atom. The van der Waals surface area contributed by atoms with Crippen LogP contribution in [0.5, 0.6) is 5.75 Å². The van der Waals surface area contributed by atoms with Crippen molar-refractivity contribution in [2.45, 2.75) is 12.5 Å². The molecule has 84 valence electrons. The molecule has 0 aromatic heterocycles. The van der Waals surface area contributed by atoms with Gasteiger partial charge in [0.1, 0.15) is 11.9 Å². The van der Waals surface area contributed by atoms with Crippen molar-refractivity contribution in [1.82, 2.24) is 0 Å². The molecule has 0 radical (unpaired) electrons. The van der Waals surface area contributed by atoms with Crippen molar-refractivity contribution in [3.63, 3.8) is 0 Å². The molecule has 1 atom stereocenters. The first-order chi connectivity index (χ1) is 7.88. The van der Waals surface area contributed by atoms with E-state index in [1.54, 1.807) is 0 Å². The standard InChI is InChI=1S/C13H15NO2/c14-7-2-4-11-3-1-5-12(9-11)16-13-6-8-15-10-13/h1,3,5,9,13H,6-8,10,14H2. The Bertz CT molecular complexity index is 400. The number of ether oxygens (including phenoxy) is 2. The third-order valence-electron chi connectivity index (χ3n) is 2.36. The maximum atomic E-state index is 5.77. The van der Waals surface area contributed by atoms with E-state index in [9.17, 15) is 0 Å². The number of rotatable bonds is 2. The molecule has 1 aliphatic rings. The quantitative estimate of drug-likeness (QED) is 0.756. The molecule has 1 saturated heterocycles.